The van der Waals surface area contributed by atoms with Crippen molar-refractivity contribution >= 4 is 5.97 Å². The van der Waals surface area contributed by atoms with Crippen LogP contribution < -0.4 is 5.73 Å². The van der Waals surface area contributed by atoms with Crippen LogP contribution in [0.2, 0.25) is 0 Å². The molecule has 0 bridgehead atoms. The summed E-state index contributed by atoms with van der Waals surface area (Å²) in [6, 6.07) is 0. The maximum atomic E-state index is 11.6. The summed E-state index contributed by atoms with van der Waals surface area (Å²) >= 11 is 0. The first-order chi connectivity index (χ1) is 8.19. The largest absolute Gasteiger partial charge is 0.468 e. The second kappa shape index (κ2) is 7.71. The fraction of sp³-hybridized carbons (Fsp3) is 0.923. The lowest BCUT2D eigenvalue weighted by Gasteiger charge is -2.32. The van der Waals surface area contributed by atoms with Gasteiger partial charge in [0.25, 0.3) is 0 Å². The lowest BCUT2D eigenvalue weighted by Crippen LogP contribution is -2.55. The fourth-order valence-corrected chi connectivity index (χ4v) is 1.85. The predicted octanol–water partition coefficient (Wildman–Crippen LogP) is 0.396. The van der Waals surface area contributed by atoms with Crippen molar-refractivity contribution in [3.63, 3.8) is 0 Å². The second-order valence-corrected chi connectivity index (χ2v) is 5.84. The van der Waals surface area contributed by atoms with Gasteiger partial charge in [0.1, 0.15) is 5.54 Å². The van der Waals surface area contributed by atoms with Gasteiger partial charge < -0.3 is 15.4 Å². The molecule has 0 fully saturated rings. The molecular formula is C13H29N3O2. The zero-order valence-corrected chi connectivity index (χ0v) is 12.7. The summed E-state index contributed by atoms with van der Waals surface area (Å²) in [4.78, 5) is 16.0. The molecule has 0 radical (unpaired) electrons. The molecule has 0 aromatic carbocycles. The van der Waals surface area contributed by atoms with Gasteiger partial charge in [0.05, 0.1) is 7.11 Å². The molecule has 5 heteroatoms. The molecule has 0 aromatic rings. The van der Waals surface area contributed by atoms with E-state index in [4.69, 9.17) is 10.5 Å². The van der Waals surface area contributed by atoms with E-state index in [1.165, 1.54) is 7.11 Å². The summed E-state index contributed by atoms with van der Waals surface area (Å²) in [6.45, 7) is 9.34. The van der Waals surface area contributed by atoms with Crippen LogP contribution in [0, 0.1) is 5.92 Å². The highest BCUT2D eigenvalue weighted by molar-refractivity contribution is 5.80. The molecule has 0 aliphatic heterocycles. The second-order valence-electron chi connectivity index (χ2n) is 5.84. The minimum atomic E-state index is -0.948. The summed E-state index contributed by atoms with van der Waals surface area (Å²) in [6.07, 6.45) is 0. The zero-order valence-electron chi connectivity index (χ0n) is 12.7. The number of nitrogens with two attached hydrogens (primary N) is 1. The summed E-state index contributed by atoms with van der Waals surface area (Å²) in [7, 11) is 5.45. The highest BCUT2D eigenvalue weighted by Gasteiger charge is 2.31. The van der Waals surface area contributed by atoms with Gasteiger partial charge in [-0.3, -0.25) is 9.69 Å². The quantitative estimate of drug-likeness (QED) is 0.639. The summed E-state index contributed by atoms with van der Waals surface area (Å²) in [5.74, 6) is 0.182. The Kier molecular flexibility index (Phi) is 7.43. The van der Waals surface area contributed by atoms with E-state index in [-0.39, 0.29) is 5.97 Å². The van der Waals surface area contributed by atoms with Crippen LogP contribution in [-0.4, -0.2) is 68.7 Å². The molecule has 0 amide bonds. The van der Waals surface area contributed by atoms with Gasteiger partial charge in [0, 0.05) is 26.2 Å². The maximum Gasteiger partial charge on any atom is 0.326 e. The molecule has 2 N–H and O–H groups in total. The Hall–Kier alpha value is -0.650. The maximum absolute atomic E-state index is 11.6. The Bertz CT molecular complexity index is 253. The number of hydrogen-bond acceptors (Lipinski definition) is 5. The van der Waals surface area contributed by atoms with Crippen molar-refractivity contribution in [1.82, 2.24) is 9.80 Å². The van der Waals surface area contributed by atoms with Crippen LogP contribution in [0.4, 0.5) is 0 Å². The SMILES string of the molecule is COC(=O)C(C)(N)CN(CCN(C)C)CC(C)C. The first kappa shape index (κ1) is 17.4. The first-order valence-electron chi connectivity index (χ1n) is 6.43. The number of methoxy groups -OCH3 is 1. The average Bonchev–Trinajstić information content (AvgIpc) is 2.23. The summed E-state index contributed by atoms with van der Waals surface area (Å²) in [5.41, 5.74) is 5.08. The Morgan fingerprint density at radius 2 is 1.89 bits per heavy atom. The van der Waals surface area contributed by atoms with Crippen molar-refractivity contribution in [3.05, 3.63) is 0 Å². The molecule has 0 aliphatic carbocycles. The average molecular weight is 259 g/mol. The number of esters is 1. The van der Waals surface area contributed by atoms with Crippen LogP contribution in [0.15, 0.2) is 0 Å². The van der Waals surface area contributed by atoms with Crippen molar-refractivity contribution in [2.24, 2.45) is 11.7 Å². The zero-order chi connectivity index (χ0) is 14.3. The normalized spacial score (nSPS) is 15.2. The molecule has 0 saturated carbocycles. The summed E-state index contributed by atoms with van der Waals surface area (Å²) < 4.78 is 4.75. The molecule has 0 aliphatic rings. The highest BCUT2D eigenvalue weighted by Crippen LogP contribution is 2.08. The van der Waals surface area contributed by atoms with Crippen LogP contribution in [0.5, 0.6) is 0 Å². The molecule has 0 spiro atoms. The third-order valence-corrected chi connectivity index (χ3v) is 2.69. The van der Waals surface area contributed by atoms with Gasteiger partial charge in [-0.15, -0.1) is 0 Å². The highest BCUT2D eigenvalue weighted by atomic mass is 16.5. The number of likely N-dealkylation sites (N-methyl/N-ethyl adjacent to an activating group) is 1. The van der Waals surface area contributed by atoms with Gasteiger partial charge in [-0.1, -0.05) is 13.8 Å². The minimum absolute atomic E-state index is 0.360. The van der Waals surface area contributed by atoms with E-state index in [1.807, 2.05) is 14.1 Å². The predicted molar refractivity (Wildman–Crippen MR) is 74.4 cm³/mol. The van der Waals surface area contributed by atoms with E-state index in [1.54, 1.807) is 6.92 Å². The van der Waals surface area contributed by atoms with Crippen molar-refractivity contribution in [3.8, 4) is 0 Å². The third-order valence-electron chi connectivity index (χ3n) is 2.69. The Labute approximate surface area is 111 Å². The number of carbonyl (C=O) groups is 1. The molecule has 0 rings (SSSR count). The molecule has 0 aromatic heterocycles. The molecular weight excluding hydrogens is 230 g/mol. The van der Waals surface area contributed by atoms with Gasteiger partial charge in [-0.05, 0) is 26.9 Å². The van der Waals surface area contributed by atoms with E-state index in [9.17, 15) is 4.79 Å². The molecule has 1 atom stereocenters. The Balaban J connectivity index is 4.51. The lowest BCUT2D eigenvalue weighted by atomic mass is 10.0. The summed E-state index contributed by atoms with van der Waals surface area (Å²) in [5, 5.41) is 0. The monoisotopic (exact) mass is 259 g/mol. The van der Waals surface area contributed by atoms with Crippen LogP contribution in [0.1, 0.15) is 20.8 Å². The van der Waals surface area contributed by atoms with E-state index in [0.717, 1.165) is 19.6 Å². The number of carbonyl (C=O) groups excluding carboxylic acids is 1. The molecule has 0 saturated heterocycles. The first-order valence-corrected chi connectivity index (χ1v) is 6.43. The van der Waals surface area contributed by atoms with Crippen molar-refractivity contribution in [2.75, 3.05) is 47.4 Å². The lowest BCUT2D eigenvalue weighted by molar-refractivity contribution is -0.147. The van der Waals surface area contributed by atoms with E-state index >= 15 is 0 Å². The van der Waals surface area contributed by atoms with Crippen molar-refractivity contribution in [2.45, 2.75) is 26.3 Å². The molecule has 1 unspecified atom stereocenters. The molecule has 5 nitrogen and oxygen atoms in total. The van der Waals surface area contributed by atoms with Crippen molar-refractivity contribution < 1.29 is 9.53 Å². The minimum Gasteiger partial charge on any atom is -0.468 e. The van der Waals surface area contributed by atoms with E-state index in [0.29, 0.717) is 12.5 Å². The van der Waals surface area contributed by atoms with Crippen LogP contribution in [0.3, 0.4) is 0 Å². The smallest absolute Gasteiger partial charge is 0.326 e. The molecule has 18 heavy (non-hydrogen) atoms. The molecule has 0 heterocycles. The number of rotatable bonds is 8. The van der Waals surface area contributed by atoms with Gasteiger partial charge in [0.2, 0.25) is 0 Å². The van der Waals surface area contributed by atoms with Gasteiger partial charge in [0.15, 0.2) is 0 Å². The van der Waals surface area contributed by atoms with Crippen LogP contribution >= 0.6 is 0 Å². The number of ether oxygens (including phenoxy) is 1. The van der Waals surface area contributed by atoms with E-state index < -0.39 is 5.54 Å². The number of nitrogens with zero attached hydrogens (tertiary/aromatic N) is 2. The fourth-order valence-electron chi connectivity index (χ4n) is 1.85. The van der Waals surface area contributed by atoms with Gasteiger partial charge in [-0.25, -0.2) is 0 Å². The standard InChI is InChI=1S/C13H29N3O2/c1-11(2)9-16(8-7-15(4)5)10-13(3,14)12(17)18-6/h11H,7-10,14H2,1-6H3. The van der Waals surface area contributed by atoms with Crippen LogP contribution in [-0.2, 0) is 9.53 Å². The van der Waals surface area contributed by atoms with Gasteiger partial charge in [-0.2, -0.15) is 0 Å². The Morgan fingerprint density at radius 3 is 2.28 bits per heavy atom. The van der Waals surface area contributed by atoms with Gasteiger partial charge >= 0.3 is 5.97 Å². The topological polar surface area (TPSA) is 58.8 Å². The van der Waals surface area contributed by atoms with E-state index in [2.05, 4.69) is 23.6 Å². The van der Waals surface area contributed by atoms with Crippen LogP contribution in [0.25, 0.3) is 0 Å². The third kappa shape index (κ3) is 6.93. The molecule has 108 valence electrons. The number of hydrogen-bond donors (Lipinski definition) is 1. The Morgan fingerprint density at radius 1 is 1.33 bits per heavy atom. The van der Waals surface area contributed by atoms with Crippen molar-refractivity contribution in [1.29, 1.82) is 0 Å².